The van der Waals surface area contributed by atoms with Crippen LogP contribution < -0.4 is 5.73 Å². The maximum Gasteiger partial charge on any atom is 0.252 e. The molecule has 1 fully saturated rings. The van der Waals surface area contributed by atoms with Crippen molar-refractivity contribution >= 4 is 14.2 Å². The van der Waals surface area contributed by atoms with Crippen molar-refractivity contribution in [3.8, 4) is 0 Å². The zero-order valence-electron chi connectivity index (χ0n) is 16.8. The normalized spacial score (nSPS) is 23.8. The van der Waals surface area contributed by atoms with Gasteiger partial charge in [0.15, 0.2) is 0 Å². The smallest absolute Gasteiger partial charge is 0.252 e. The average molecular weight is 379 g/mol. The number of nitrogens with zero attached hydrogens (tertiary/aromatic N) is 1. The van der Waals surface area contributed by atoms with Crippen LogP contribution in [0.5, 0.6) is 0 Å². The third-order valence-corrected chi connectivity index (χ3v) is 10.4. The molecule has 0 aliphatic carbocycles. The molecule has 0 saturated carbocycles. The van der Waals surface area contributed by atoms with E-state index < -0.39 is 8.32 Å². The fourth-order valence-corrected chi connectivity index (χ4v) is 4.79. The van der Waals surface area contributed by atoms with E-state index in [1.165, 1.54) is 0 Å². The third-order valence-electron chi connectivity index (χ3n) is 5.65. The summed E-state index contributed by atoms with van der Waals surface area (Å²) < 4.78 is 12.0. The standard InChI is InChI=1S/C20H34N2O3Si/c1-16-19(23)22(13-17-9-7-6-8-10-17)18(14-24-16)11-12-25-26(5,15-21)20(2,3)4/h6-10,16,18H,11-15,21H2,1-5H3/t16?,18-,26?/m1/s1. The number of benzene rings is 1. The number of amides is 1. The van der Waals surface area contributed by atoms with Gasteiger partial charge in [-0.25, -0.2) is 0 Å². The second kappa shape index (κ2) is 8.65. The van der Waals surface area contributed by atoms with Crippen molar-refractivity contribution in [2.75, 3.05) is 19.4 Å². The average Bonchev–Trinajstić information content (AvgIpc) is 2.60. The molecule has 1 amide bonds. The summed E-state index contributed by atoms with van der Waals surface area (Å²) in [6.45, 7) is 12.4. The van der Waals surface area contributed by atoms with Crippen LogP contribution in [0.2, 0.25) is 11.6 Å². The number of hydrogen-bond donors (Lipinski definition) is 1. The van der Waals surface area contributed by atoms with Gasteiger partial charge in [-0.05, 0) is 30.5 Å². The van der Waals surface area contributed by atoms with Crippen molar-refractivity contribution in [3.05, 3.63) is 35.9 Å². The lowest BCUT2D eigenvalue weighted by Crippen LogP contribution is -2.54. The van der Waals surface area contributed by atoms with Crippen LogP contribution in [0.1, 0.15) is 39.7 Å². The minimum absolute atomic E-state index is 0.0369. The van der Waals surface area contributed by atoms with E-state index in [-0.39, 0.29) is 23.1 Å². The van der Waals surface area contributed by atoms with Gasteiger partial charge < -0.3 is 19.8 Å². The molecule has 1 aromatic rings. The van der Waals surface area contributed by atoms with E-state index in [0.717, 1.165) is 12.0 Å². The van der Waals surface area contributed by atoms with Crippen LogP contribution in [0.3, 0.4) is 0 Å². The fourth-order valence-electron chi connectivity index (χ4n) is 3.06. The van der Waals surface area contributed by atoms with Crippen LogP contribution in [0, 0.1) is 0 Å². The number of rotatable bonds is 7. The van der Waals surface area contributed by atoms with Crippen molar-refractivity contribution < 1.29 is 14.0 Å². The number of hydrogen-bond acceptors (Lipinski definition) is 4. The van der Waals surface area contributed by atoms with Gasteiger partial charge in [0.1, 0.15) is 6.10 Å². The summed E-state index contributed by atoms with van der Waals surface area (Å²) in [4.78, 5) is 14.6. The molecule has 0 bridgehead atoms. The van der Waals surface area contributed by atoms with Crippen LogP contribution in [0.25, 0.3) is 0 Å². The quantitative estimate of drug-likeness (QED) is 0.741. The second-order valence-corrected chi connectivity index (χ2v) is 13.1. The summed E-state index contributed by atoms with van der Waals surface area (Å²) in [5.41, 5.74) is 7.17. The lowest BCUT2D eigenvalue weighted by atomic mass is 10.1. The first-order valence-electron chi connectivity index (χ1n) is 9.48. The highest BCUT2D eigenvalue weighted by atomic mass is 28.4. The van der Waals surface area contributed by atoms with Crippen LogP contribution in [-0.4, -0.2) is 50.7 Å². The lowest BCUT2D eigenvalue weighted by molar-refractivity contribution is -0.159. The summed E-state index contributed by atoms with van der Waals surface area (Å²) in [6.07, 6.45) is 0.986. The Bertz CT molecular complexity index is 590. The van der Waals surface area contributed by atoms with E-state index in [1.807, 2.05) is 30.0 Å². The van der Waals surface area contributed by atoms with E-state index in [0.29, 0.717) is 25.9 Å². The summed E-state index contributed by atoms with van der Waals surface area (Å²) in [5.74, 6) is 0.0553. The Balaban J connectivity index is 2.02. The molecule has 3 atom stereocenters. The molecule has 5 nitrogen and oxygen atoms in total. The molecule has 2 rings (SSSR count). The minimum atomic E-state index is -2.00. The first-order chi connectivity index (χ1) is 12.2. The Morgan fingerprint density at radius 3 is 2.54 bits per heavy atom. The molecule has 0 spiro atoms. The van der Waals surface area contributed by atoms with Gasteiger partial charge in [-0.15, -0.1) is 0 Å². The molecule has 2 N–H and O–H groups in total. The monoisotopic (exact) mass is 378 g/mol. The maximum absolute atomic E-state index is 12.7. The highest BCUT2D eigenvalue weighted by Crippen LogP contribution is 2.36. The van der Waals surface area contributed by atoms with Gasteiger partial charge >= 0.3 is 0 Å². The van der Waals surface area contributed by atoms with Crippen molar-refractivity contribution in [1.29, 1.82) is 0 Å². The molecule has 146 valence electrons. The SMILES string of the molecule is CC1OC[C@@H](CCO[Si](C)(CN)C(C)(C)C)N(Cc2ccccc2)C1=O. The Morgan fingerprint density at radius 2 is 1.96 bits per heavy atom. The summed E-state index contributed by atoms with van der Waals surface area (Å²) >= 11 is 0. The van der Waals surface area contributed by atoms with Crippen molar-refractivity contribution in [2.24, 2.45) is 5.73 Å². The topological polar surface area (TPSA) is 64.8 Å². The summed E-state index contributed by atoms with van der Waals surface area (Å²) in [7, 11) is -2.00. The molecular weight excluding hydrogens is 344 g/mol. The predicted molar refractivity (Wildman–Crippen MR) is 107 cm³/mol. The number of morpholine rings is 1. The molecule has 1 aliphatic heterocycles. The molecule has 6 heteroatoms. The second-order valence-electron chi connectivity index (χ2n) is 8.40. The Morgan fingerprint density at radius 1 is 1.31 bits per heavy atom. The predicted octanol–water partition coefficient (Wildman–Crippen LogP) is 3.08. The van der Waals surface area contributed by atoms with Crippen molar-refractivity contribution in [1.82, 2.24) is 4.90 Å². The van der Waals surface area contributed by atoms with Gasteiger partial charge in [-0.3, -0.25) is 4.79 Å². The van der Waals surface area contributed by atoms with E-state index in [4.69, 9.17) is 14.9 Å². The number of ether oxygens (including phenoxy) is 1. The van der Waals surface area contributed by atoms with Crippen LogP contribution in [0.4, 0.5) is 0 Å². The van der Waals surface area contributed by atoms with Gasteiger partial charge in [0.05, 0.1) is 12.6 Å². The molecule has 1 heterocycles. The lowest BCUT2D eigenvalue weighted by Gasteiger charge is -2.41. The van der Waals surface area contributed by atoms with E-state index >= 15 is 0 Å². The van der Waals surface area contributed by atoms with Crippen molar-refractivity contribution in [2.45, 2.75) is 64.4 Å². The number of nitrogens with two attached hydrogens (primary N) is 1. The van der Waals surface area contributed by atoms with Gasteiger partial charge in [0, 0.05) is 19.3 Å². The van der Waals surface area contributed by atoms with Gasteiger partial charge in [-0.2, -0.15) is 0 Å². The molecule has 0 aromatic heterocycles. The summed E-state index contributed by atoms with van der Waals surface area (Å²) in [6, 6.07) is 10.1. The largest absolute Gasteiger partial charge is 0.415 e. The van der Waals surface area contributed by atoms with Crippen LogP contribution >= 0.6 is 0 Å². The van der Waals surface area contributed by atoms with Crippen LogP contribution in [0.15, 0.2) is 30.3 Å². The first kappa shape index (κ1) is 21.1. The number of carbonyl (C=O) groups is 1. The zero-order valence-corrected chi connectivity index (χ0v) is 17.8. The van der Waals surface area contributed by atoms with Gasteiger partial charge in [0.2, 0.25) is 8.32 Å². The molecule has 0 radical (unpaired) electrons. The molecular formula is C20H34N2O3Si. The Kier molecular flexibility index (Phi) is 7.02. The summed E-state index contributed by atoms with van der Waals surface area (Å²) in [5, 5.41) is 0.0822. The van der Waals surface area contributed by atoms with Gasteiger partial charge in [0.25, 0.3) is 5.91 Å². The maximum atomic E-state index is 12.7. The molecule has 1 saturated heterocycles. The van der Waals surface area contributed by atoms with E-state index in [9.17, 15) is 4.79 Å². The fraction of sp³-hybridized carbons (Fsp3) is 0.650. The minimum Gasteiger partial charge on any atom is -0.415 e. The van der Waals surface area contributed by atoms with E-state index in [1.54, 1.807) is 0 Å². The molecule has 1 aromatic carbocycles. The zero-order chi connectivity index (χ0) is 19.4. The molecule has 2 unspecified atom stereocenters. The van der Waals surface area contributed by atoms with E-state index in [2.05, 4.69) is 39.5 Å². The third kappa shape index (κ3) is 4.94. The number of carbonyl (C=O) groups excluding carboxylic acids is 1. The van der Waals surface area contributed by atoms with Crippen molar-refractivity contribution in [3.63, 3.8) is 0 Å². The highest BCUT2D eigenvalue weighted by molar-refractivity contribution is 6.75. The first-order valence-corrected chi connectivity index (χ1v) is 12.1. The molecule has 26 heavy (non-hydrogen) atoms. The Hall–Kier alpha value is -1.21. The highest BCUT2D eigenvalue weighted by Gasteiger charge is 2.41. The van der Waals surface area contributed by atoms with Crippen LogP contribution in [-0.2, 0) is 20.5 Å². The van der Waals surface area contributed by atoms with Gasteiger partial charge in [-0.1, -0.05) is 51.1 Å². The molecule has 1 aliphatic rings. The Labute approximate surface area is 159 Å².